The van der Waals surface area contributed by atoms with Crippen molar-refractivity contribution in [3.63, 3.8) is 0 Å². The lowest BCUT2D eigenvalue weighted by Crippen LogP contribution is -2.55. The topological polar surface area (TPSA) is 67.2 Å². The van der Waals surface area contributed by atoms with Gasteiger partial charge in [-0.05, 0) is 36.8 Å². The normalized spacial score (nSPS) is 17.5. The summed E-state index contributed by atoms with van der Waals surface area (Å²) in [6.45, 7) is 9.90. The Kier molecular flexibility index (Phi) is 5.13. The smallest absolute Gasteiger partial charge is 0.248 e. The highest BCUT2D eigenvalue weighted by Gasteiger charge is 2.32. The number of aromatic nitrogens is 4. The van der Waals surface area contributed by atoms with E-state index in [2.05, 4.69) is 41.2 Å². The molecule has 2 heterocycles. The number of carbonyl (C=O) groups excluding carboxylic acids is 1. The SMILES string of the molecule is CC(C)(C)N1CCN(C(=O)[C@H](Cc2ccccc2)n2cnnn2)CC1. The molecule has 25 heavy (non-hydrogen) atoms. The molecule has 0 bridgehead atoms. The highest BCUT2D eigenvalue weighted by atomic mass is 16.2. The maximum atomic E-state index is 13.1. The lowest BCUT2D eigenvalue weighted by Gasteiger charge is -2.42. The molecule has 2 aromatic rings. The predicted molar refractivity (Wildman–Crippen MR) is 94.9 cm³/mol. The van der Waals surface area contributed by atoms with E-state index in [-0.39, 0.29) is 11.4 Å². The largest absolute Gasteiger partial charge is 0.338 e. The lowest BCUT2D eigenvalue weighted by atomic mass is 10.0. The van der Waals surface area contributed by atoms with Gasteiger partial charge in [-0.3, -0.25) is 9.69 Å². The summed E-state index contributed by atoms with van der Waals surface area (Å²) in [7, 11) is 0. The Bertz CT molecular complexity index is 671. The molecule has 1 atom stereocenters. The number of hydrogen-bond acceptors (Lipinski definition) is 5. The molecule has 3 rings (SSSR count). The van der Waals surface area contributed by atoms with Crippen LogP contribution >= 0.6 is 0 Å². The first-order valence-electron chi connectivity index (χ1n) is 8.75. The number of benzene rings is 1. The minimum Gasteiger partial charge on any atom is -0.338 e. The van der Waals surface area contributed by atoms with Crippen molar-refractivity contribution in [2.75, 3.05) is 26.2 Å². The van der Waals surface area contributed by atoms with E-state index in [1.165, 1.54) is 6.33 Å². The Balaban J connectivity index is 1.72. The summed E-state index contributed by atoms with van der Waals surface area (Å²) >= 11 is 0. The van der Waals surface area contributed by atoms with Gasteiger partial charge >= 0.3 is 0 Å². The van der Waals surface area contributed by atoms with Crippen molar-refractivity contribution >= 4 is 5.91 Å². The van der Waals surface area contributed by atoms with Crippen LogP contribution in [-0.4, -0.2) is 67.6 Å². The van der Waals surface area contributed by atoms with Gasteiger partial charge in [-0.2, -0.15) is 0 Å². The van der Waals surface area contributed by atoms with E-state index in [0.717, 1.165) is 31.7 Å². The van der Waals surface area contributed by atoms with Crippen molar-refractivity contribution in [1.29, 1.82) is 0 Å². The van der Waals surface area contributed by atoms with Gasteiger partial charge in [-0.25, -0.2) is 4.68 Å². The molecule has 1 aliphatic rings. The number of amides is 1. The Morgan fingerprint density at radius 3 is 2.36 bits per heavy atom. The number of nitrogens with zero attached hydrogens (tertiary/aromatic N) is 6. The second-order valence-electron chi connectivity index (χ2n) is 7.48. The standard InChI is InChI=1S/C18H26N6O/c1-18(2,3)23-11-9-22(10-12-23)17(25)16(24-14-19-20-21-24)13-15-7-5-4-6-8-15/h4-8,14,16H,9-13H2,1-3H3/t16-/m0/s1. The van der Waals surface area contributed by atoms with Crippen LogP contribution in [0.15, 0.2) is 36.7 Å². The van der Waals surface area contributed by atoms with Crippen LogP contribution in [0.1, 0.15) is 32.4 Å². The van der Waals surface area contributed by atoms with Gasteiger partial charge in [0.15, 0.2) is 0 Å². The molecule has 0 N–H and O–H groups in total. The summed E-state index contributed by atoms with van der Waals surface area (Å²) in [4.78, 5) is 17.5. The first kappa shape index (κ1) is 17.5. The number of carbonyl (C=O) groups is 1. The molecule has 0 unspecified atom stereocenters. The Hall–Kier alpha value is -2.28. The molecule has 7 heteroatoms. The van der Waals surface area contributed by atoms with Gasteiger partial charge < -0.3 is 4.90 Å². The van der Waals surface area contributed by atoms with Crippen LogP contribution in [-0.2, 0) is 11.2 Å². The zero-order valence-corrected chi connectivity index (χ0v) is 15.2. The summed E-state index contributed by atoms with van der Waals surface area (Å²) in [5, 5.41) is 11.4. The van der Waals surface area contributed by atoms with E-state index in [9.17, 15) is 4.79 Å². The zero-order chi connectivity index (χ0) is 17.9. The average molecular weight is 342 g/mol. The van der Waals surface area contributed by atoms with E-state index < -0.39 is 6.04 Å². The average Bonchev–Trinajstić information content (AvgIpc) is 3.14. The monoisotopic (exact) mass is 342 g/mol. The molecule has 0 aliphatic carbocycles. The molecule has 7 nitrogen and oxygen atoms in total. The maximum Gasteiger partial charge on any atom is 0.248 e. The second kappa shape index (κ2) is 7.31. The van der Waals surface area contributed by atoms with Gasteiger partial charge in [0.05, 0.1) is 0 Å². The number of hydrogen-bond donors (Lipinski definition) is 0. The zero-order valence-electron chi connectivity index (χ0n) is 15.2. The fraction of sp³-hybridized carbons (Fsp3) is 0.556. The van der Waals surface area contributed by atoms with Gasteiger partial charge in [0, 0.05) is 38.1 Å². The highest BCUT2D eigenvalue weighted by Crippen LogP contribution is 2.20. The molecule has 1 fully saturated rings. The quantitative estimate of drug-likeness (QED) is 0.840. The predicted octanol–water partition coefficient (Wildman–Crippen LogP) is 1.40. The molecule has 0 saturated carbocycles. The molecular weight excluding hydrogens is 316 g/mol. The Morgan fingerprint density at radius 1 is 1.12 bits per heavy atom. The van der Waals surface area contributed by atoms with Crippen molar-refractivity contribution in [1.82, 2.24) is 30.0 Å². The summed E-state index contributed by atoms with van der Waals surface area (Å²) in [6.07, 6.45) is 2.11. The Labute approximate surface area is 148 Å². The summed E-state index contributed by atoms with van der Waals surface area (Å²) in [5.41, 5.74) is 1.23. The minimum absolute atomic E-state index is 0.0877. The van der Waals surface area contributed by atoms with Crippen molar-refractivity contribution in [2.24, 2.45) is 0 Å². The van der Waals surface area contributed by atoms with Crippen LogP contribution in [0.2, 0.25) is 0 Å². The van der Waals surface area contributed by atoms with Crippen LogP contribution in [0.3, 0.4) is 0 Å². The van der Waals surface area contributed by atoms with Gasteiger partial charge in [0.1, 0.15) is 12.4 Å². The van der Waals surface area contributed by atoms with Crippen molar-refractivity contribution in [3.05, 3.63) is 42.2 Å². The van der Waals surface area contributed by atoms with E-state index in [1.54, 1.807) is 4.68 Å². The van der Waals surface area contributed by atoms with E-state index >= 15 is 0 Å². The number of tetrazole rings is 1. The third-order valence-corrected chi connectivity index (χ3v) is 4.78. The molecule has 1 aromatic carbocycles. The molecule has 0 spiro atoms. The fourth-order valence-electron chi connectivity index (χ4n) is 3.25. The highest BCUT2D eigenvalue weighted by molar-refractivity contribution is 5.80. The number of rotatable bonds is 4. The van der Waals surface area contributed by atoms with Crippen LogP contribution in [0, 0.1) is 0 Å². The van der Waals surface area contributed by atoms with Gasteiger partial charge in [0.25, 0.3) is 0 Å². The number of piperazine rings is 1. The maximum absolute atomic E-state index is 13.1. The minimum atomic E-state index is -0.404. The van der Waals surface area contributed by atoms with Gasteiger partial charge in [-0.1, -0.05) is 30.3 Å². The first-order valence-corrected chi connectivity index (χ1v) is 8.75. The molecular formula is C18H26N6O. The molecule has 0 radical (unpaired) electrons. The van der Waals surface area contributed by atoms with E-state index in [1.807, 2.05) is 35.2 Å². The first-order chi connectivity index (χ1) is 11.9. The molecule has 1 aromatic heterocycles. The molecule has 1 amide bonds. The van der Waals surface area contributed by atoms with Gasteiger partial charge in [-0.15, -0.1) is 5.10 Å². The van der Waals surface area contributed by atoms with Crippen molar-refractivity contribution in [2.45, 2.75) is 38.8 Å². The molecule has 134 valence electrons. The van der Waals surface area contributed by atoms with Gasteiger partial charge in [0.2, 0.25) is 5.91 Å². The van der Waals surface area contributed by atoms with E-state index in [0.29, 0.717) is 6.42 Å². The van der Waals surface area contributed by atoms with Crippen LogP contribution in [0.5, 0.6) is 0 Å². The lowest BCUT2D eigenvalue weighted by molar-refractivity contribution is -0.137. The van der Waals surface area contributed by atoms with Crippen molar-refractivity contribution < 1.29 is 4.79 Å². The van der Waals surface area contributed by atoms with Crippen LogP contribution in [0.25, 0.3) is 0 Å². The van der Waals surface area contributed by atoms with Crippen molar-refractivity contribution in [3.8, 4) is 0 Å². The third kappa shape index (κ3) is 4.22. The van der Waals surface area contributed by atoms with E-state index in [4.69, 9.17) is 0 Å². The summed E-state index contributed by atoms with van der Waals surface area (Å²) in [5.74, 6) is 0.0877. The van der Waals surface area contributed by atoms with Crippen LogP contribution in [0.4, 0.5) is 0 Å². The van der Waals surface area contributed by atoms with Crippen LogP contribution < -0.4 is 0 Å². The fourth-order valence-corrected chi connectivity index (χ4v) is 3.25. The third-order valence-electron chi connectivity index (χ3n) is 4.78. The second-order valence-corrected chi connectivity index (χ2v) is 7.48. The molecule has 1 aliphatic heterocycles. The summed E-state index contributed by atoms with van der Waals surface area (Å²) < 4.78 is 1.57. The Morgan fingerprint density at radius 2 is 1.80 bits per heavy atom. The molecule has 1 saturated heterocycles. The summed E-state index contributed by atoms with van der Waals surface area (Å²) in [6, 6.07) is 9.60.